The van der Waals surface area contributed by atoms with Gasteiger partial charge in [-0.1, -0.05) is 30.7 Å². The van der Waals surface area contributed by atoms with Gasteiger partial charge in [0.15, 0.2) is 5.82 Å². The van der Waals surface area contributed by atoms with Gasteiger partial charge in [0.25, 0.3) is 0 Å². The van der Waals surface area contributed by atoms with E-state index in [1.165, 1.54) is 5.56 Å². The summed E-state index contributed by atoms with van der Waals surface area (Å²) >= 11 is 5.84. The van der Waals surface area contributed by atoms with Crippen molar-refractivity contribution in [3.8, 4) is 0 Å². The summed E-state index contributed by atoms with van der Waals surface area (Å²) in [5, 5.41) is 12.4. The number of aromatic nitrogens is 2. The number of nitrogens with zero attached hydrogens (tertiary/aromatic N) is 2. The lowest BCUT2D eigenvalue weighted by atomic mass is 10.2. The minimum Gasteiger partial charge on any atom is -0.364 e. The van der Waals surface area contributed by atoms with Crippen molar-refractivity contribution >= 4 is 17.4 Å². The average molecular weight is 262 g/mol. The van der Waals surface area contributed by atoms with Gasteiger partial charge in [0.1, 0.15) is 0 Å². The Morgan fingerprint density at radius 3 is 2.50 bits per heavy atom. The van der Waals surface area contributed by atoms with Crippen LogP contribution in [0.4, 0.5) is 5.82 Å². The summed E-state index contributed by atoms with van der Waals surface area (Å²) in [5.74, 6) is 0.835. The molecule has 1 aromatic heterocycles. The number of anilines is 1. The largest absolute Gasteiger partial charge is 0.364 e. The fourth-order valence-electron chi connectivity index (χ4n) is 1.68. The van der Waals surface area contributed by atoms with Gasteiger partial charge in [-0.05, 0) is 42.7 Å². The Morgan fingerprint density at radius 1 is 1.17 bits per heavy atom. The maximum absolute atomic E-state index is 5.84. The van der Waals surface area contributed by atoms with Crippen LogP contribution < -0.4 is 5.32 Å². The molecule has 0 aliphatic carbocycles. The monoisotopic (exact) mass is 261 g/mol. The fraction of sp³-hybridized carbons (Fsp3) is 0.286. The van der Waals surface area contributed by atoms with Gasteiger partial charge in [-0.25, -0.2) is 0 Å². The molecular weight excluding hydrogens is 246 g/mol. The quantitative estimate of drug-likeness (QED) is 0.914. The summed E-state index contributed by atoms with van der Waals surface area (Å²) in [4.78, 5) is 0. The third-order valence-corrected chi connectivity index (χ3v) is 3.02. The minimum absolute atomic E-state index is 0.720. The molecule has 1 N–H and O–H groups in total. The number of nitrogens with one attached hydrogen (secondary N) is 1. The third-order valence-electron chi connectivity index (χ3n) is 2.77. The predicted octanol–water partition coefficient (Wildman–Crippen LogP) is 3.61. The maximum atomic E-state index is 5.84. The highest BCUT2D eigenvalue weighted by atomic mass is 35.5. The summed E-state index contributed by atoms with van der Waals surface area (Å²) < 4.78 is 0. The molecule has 94 valence electrons. The first-order valence-corrected chi connectivity index (χ1v) is 6.38. The molecule has 0 saturated heterocycles. The molecule has 0 fully saturated rings. The van der Waals surface area contributed by atoms with Crippen LogP contribution in [0.15, 0.2) is 30.3 Å². The van der Waals surface area contributed by atoms with Crippen LogP contribution >= 0.6 is 11.6 Å². The lowest BCUT2D eigenvalue weighted by Gasteiger charge is -2.08. The number of rotatable bonds is 4. The summed E-state index contributed by atoms with van der Waals surface area (Å²) in [6.45, 7) is 4.83. The second kappa shape index (κ2) is 5.83. The van der Waals surface area contributed by atoms with Gasteiger partial charge in [0, 0.05) is 11.6 Å². The van der Waals surface area contributed by atoms with Crippen molar-refractivity contribution in [2.45, 2.75) is 26.8 Å². The van der Waals surface area contributed by atoms with Crippen molar-refractivity contribution in [3.63, 3.8) is 0 Å². The van der Waals surface area contributed by atoms with Gasteiger partial charge < -0.3 is 5.32 Å². The molecule has 1 aromatic carbocycles. The van der Waals surface area contributed by atoms with Gasteiger partial charge in [0.2, 0.25) is 0 Å². The SMILES string of the molecule is CCc1cc(C)c(NCc2ccc(Cl)cc2)nn1. The van der Waals surface area contributed by atoms with E-state index in [0.717, 1.165) is 35.1 Å². The van der Waals surface area contributed by atoms with Crippen molar-refractivity contribution in [2.24, 2.45) is 0 Å². The van der Waals surface area contributed by atoms with Gasteiger partial charge in [-0.15, -0.1) is 5.10 Å². The van der Waals surface area contributed by atoms with E-state index >= 15 is 0 Å². The van der Waals surface area contributed by atoms with Crippen LogP contribution in [-0.2, 0) is 13.0 Å². The zero-order valence-electron chi connectivity index (χ0n) is 10.6. The van der Waals surface area contributed by atoms with E-state index in [1.807, 2.05) is 31.2 Å². The van der Waals surface area contributed by atoms with Gasteiger partial charge in [0.05, 0.1) is 5.69 Å². The van der Waals surface area contributed by atoms with Crippen molar-refractivity contribution < 1.29 is 0 Å². The summed E-state index contributed by atoms with van der Waals surface area (Å²) in [7, 11) is 0. The predicted molar refractivity (Wildman–Crippen MR) is 74.9 cm³/mol. The highest BCUT2D eigenvalue weighted by molar-refractivity contribution is 6.30. The van der Waals surface area contributed by atoms with E-state index < -0.39 is 0 Å². The Kier molecular flexibility index (Phi) is 4.15. The van der Waals surface area contributed by atoms with E-state index in [4.69, 9.17) is 11.6 Å². The first-order valence-electron chi connectivity index (χ1n) is 6.00. The number of benzene rings is 1. The highest BCUT2D eigenvalue weighted by Gasteiger charge is 2.02. The summed E-state index contributed by atoms with van der Waals surface area (Å²) in [6.07, 6.45) is 0.908. The number of hydrogen-bond acceptors (Lipinski definition) is 3. The Bertz CT molecular complexity index is 523. The molecule has 18 heavy (non-hydrogen) atoms. The molecule has 1 heterocycles. The van der Waals surface area contributed by atoms with E-state index in [-0.39, 0.29) is 0 Å². The molecule has 0 bridgehead atoms. The number of aryl methyl sites for hydroxylation is 2. The molecule has 0 aliphatic heterocycles. The Labute approximate surface area is 112 Å². The normalized spacial score (nSPS) is 10.4. The van der Waals surface area contributed by atoms with Gasteiger partial charge in [-0.2, -0.15) is 5.10 Å². The van der Waals surface area contributed by atoms with Crippen LogP contribution in [0, 0.1) is 6.92 Å². The van der Waals surface area contributed by atoms with Gasteiger partial charge in [-0.3, -0.25) is 0 Å². The minimum atomic E-state index is 0.720. The van der Waals surface area contributed by atoms with Crippen LogP contribution in [0.25, 0.3) is 0 Å². The molecular formula is C14H16ClN3. The van der Waals surface area contributed by atoms with Crippen molar-refractivity contribution in [3.05, 3.63) is 52.2 Å². The fourth-order valence-corrected chi connectivity index (χ4v) is 1.80. The van der Waals surface area contributed by atoms with Crippen molar-refractivity contribution in [2.75, 3.05) is 5.32 Å². The molecule has 0 aliphatic rings. The molecule has 0 unspecified atom stereocenters. The van der Waals surface area contributed by atoms with Crippen molar-refractivity contribution in [1.29, 1.82) is 0 Å². The van der Waals surface area contributed by atoms with E-state index in [1.54, 1.807) is 0 Å². The molecule has 0 amide bonds. The molecule has 0 radical (unpaired) electrons. The Hall–Kier alpha value is -1.61. The third kappa shape index (κ3) is 3.20. The van der Waals surface area contributed by atoms with E-state index in [0.29, 0.717) is 0 Å². The molecule has 0 atom stereocenters. The second-order valence-corrected chi connectivity index (χ2v) is 4.64. The molecule has 2 aromatic rings. The summed E-state index contributed by atoms with van der Waals surface area (Å²) in [5.41, 5.74) is 3.31. The molecule has 4 heteroatoms. The van der Waals surface area contributed by atoms with Crippen LogP contribution in [0.3, 0.4) is 0 Å². The maximum Gasteiger partial charge on any atom is 0.151 e. The number of hydrogen-bond donors (Lipinski definition) is 1. The zero-order chi connectivity index (χ0) is 13.0. The zero-order valence-corrected chi connectivity index (χ0v) is 11.3. The Morgan fingerprint density at radius 2 is 1.89 bits per heavy atom. The Balaban J connectivity index is 2.04. The van der Waals surface area contributed by atoms with Crippen LogP contribution in [0.1, 0.15) is 23.7 Å². The van der Waals surface area contributed by atoms with Gasteiger partial charge >= 0.3 is 0 Å². The lowest BCUT2D eigenvalue weighted by molar-refractivity contribution is 0.902. The van der Waals surface area contributed by atoms with Crippen LogP contribution in [0.2, 0.25) is 5.02 Å². The summed E-state index contributed by atoms with van der Waals surface area (Å²) in [6, 6.07) is 9.84. The van der Waals surface area contributed by atoms with Crippen LogP contribution in [0.5, 0.6) is 0 Å². The van der Waals surface area contributed by atoms with Crippen molar-refractivity contribution in [1.82, 2.24) is 10.2 Å². The average Bonchev–Trinajstić information content (AvgIpc) is 2.39. The molecule has 2 rings (SSSR count). The van der Waals surface area contributed by atoms with Crippen LogP contribution in [-0.4, -0.2) is 10.2 Å². The van der Waals surface area contributed by atoms with E-state index in [9.17, 15) is 0 Å². The smallest absolute Gasteiger partial charge is 0.151 e. The lowest BCUT2D eigenvalue weighted by Crippen LogP contribution is -2.05. The first-order chi connectivity index (χ1) is 8.69. The second-order valence-electron chi connectivity index (χ2n) is 4.20. The van der Waals surface area contributed by atoms with E-state index in [2.05, 4.69) is 28.5 Å². The topological polar surface area (TPSA) is 37.8 Å². The molecule has 0 spiro atoms. The molecule has 0 saturated carbocycles. The first kappa shape index (κ1) is 12.8. The highest BCUT2D eigenvalue weighted by Crippen LogP contribution is 2.14. The molecule has 3 nitrogen and oxygen atoms in total. The standard InChI is InChI=1S/C14H16ClN3/c1-3-13-8-10(2)14(18-17-13)16-9-11-4-6-12(15)7-5-11/h4-8H,3,9H2,1-2H3,(H,16,18). The number of halogens is 1.